The number of fused-ring (bicyclic) bond motifs is 1. The number of carbonyl (C=O) groups is 2. The Morgan fingerprint density at radius 1 is 0.946 bits per heavy atom. The molecule has 6 heteroatoms. The zero-order valence-electron chi connectivity index (χ0n) is 21.6. The number of aliphatic hydroxyl groups is 1. The lowest BCUT2D eigenvalue weighted by molar-refractivity contribution is -0.117. The van der Waals surface area contributed by atoms with Crippen molar-refractivity contribution >= 4 is 34.0 Å². The van der Waals surface area contributed by atoms with Gasteiger partial charge >= 0.3 is 0 Å². The van der Waals surface area contributed by atoms with Gasteiger partial charge in [-0.15, -0.1) is 0 Å². The van der Waals surface area contributed by atoms with E-state index in [1.165, 1.54) is 4.90 Å². The van der Waals surface area contributed by atoms with Crippen molar-refractivity contribution in [3.05, 3.63) is 107 Å². The number of aliphatic hydroxyl groups excluding tert-OH is 1. The standard InChI is InChI=1S/C31H30N2O4/c1-31(2,3)21-12-16-23(17-13-21)33-27(19-10-14-22(15-11-19)32(4)5)26(29(35)30(33)36)28(34)25-18-20-8-6-7-9-24(20)37-25/h6-18,27,35H,1-5H3. The summed E-state index contributed by atoms with van der Waals surface area (Å²) in [6, 6.07) is 23.5. The molecule has 6 nitrogen and oxygen atoms in total. The van der Waals surface area contributed by atoms with Crippen molar-refractivity contribution in [3.8, 4) is 0 Å². The number of amides is 1. The number of hydrogen-bond acceptors (Lipinski definition) is 5. The third kappa shape index (κ3) is 4.29. The molecule has 1 N–H and O–H groups in total. The minimum Gasteiger partial charge on any atom is -0.503 e. The third-order valence-electron chi connectivity index (χ3n) is 6.84. The average molecular weight is 495 g/mol. The summed E-state index contributed by atoms with van der Waals surface area (Å²) in [5, 5.41) is 11.8. The lowest BCUT2D eigenvalue weighted by atomic mass is 9.87. The summed E-state index contributed by atoms with van der Waals surface area (Å²) in [5.74, 6) is -1.62. The molecule has 1 aromatic heterocycles. The molecule has 1 aliphatic heterocycles. The number of furan rings is 1. The van der Waals surface area contributed by atoms with Crippen LogP contribution in [0.25, 0.3) is 11.0 Å². The zero-order chi connectivity index (χ0) is 26.5. The van der Waals surface area contributed by atoms with Crippen LogP contribution in [0.3, 0.4) is 0 Å². The molecule has 1 unspecified atom stereocenters. The van der Waals surface area contributed by atoms with Crippen molar-refractivity contribution in [2.75, 3.05) is 23.9 Å². The smallest absolute Gasteiger partial charge is 0.294 e. The van der Waals surface area contributed by atoms with Gasteiger partial charge in [0.25, 0.3) is 5.91 Å². The molecule has 0 radical (unpaired) electrons. The Hall–Kier alpha value is -4.32. The molecule has 188 valence electrons. The second kappa shape index (κ2) is 8.96. The number of anilines is 2. The van der Waals surface area contributed by atoms with E-state index in [1.54, 1.807) is 12.1 Å². The Labute approximate surface area is 216 Å². The van der Waals surface area contributed by atoms with Crippen LogP contribution >= 0.6 is 0 Å². The van der Waals surface area contributed by atoms with Crippen LogP contribution in [0.2, 0.25) is 0 Å². The van der Waals surface area contributed by atoms with E-state index in [0.29, 0.717) is 16.8 Å². The van der Waals surface area contributed by atoms with Crippen LogP contribution < -0.4 is 9.80 Å². The second-order valence-electron chi connectivity index (χ2n) is 10.6. The van der Waals surface area contributed by atoms with Crippen molar-refractivity contribution in [1.29, 1.82) is 0 Å². The fourth-order valence-corrected chi connectivity index (χ4v) is 4.72. The Balaban J connectivity index is 1.63. The SMILES string of the molecule is CN(C)c1ccc(C2C(C(=O)c3cc4ccccc4o3)=C(O)C(=O)N2c2ccc(C(C)(C)C)cc2)cc1. The Morgan fingerprint density at radius 3 is 2.19 bits per heavy atom. The van der Waals surface area contributed by atoms with Gasteiger partial charge in [0.15, 0.2) is 11.5 Å². The first kappa shape index (κ1) is 24.4. The normalized spacial score (nSPS) is 16.1. The van der Waals surface area contributed by atoms with Crippen LogP contribution in [-0.4, -0.2) is 30.9 Å². The summed E-state index contributed by atoms with van der Waals surface area (Å²) < 4.78 is 5.82. The molecule has 0 bridgehead atoms. The topological polar surface area (TPSA) is 74.0 Å². The predicted octanol–water partition coefficient (Wildman–Crippen LogP) is 6.58. The average Bonchev–Trinajstić information content (AvgIpc) is 3.42. The van der Waals surface area contributed by atoms with Gasteiger partial charge in [0.1, 0.15) is 5.58 Å². The molecule has 1 amide bonds. The molecule has 37 heavy (non-hydrogen) atoms. The molecule has 2 heterocycles. The molecule has 5 rings (SSSR count). The first-order chi connectivity index (χ1) is 17.6. The van der Waals surface area contributed by atoms with Crippen LogP contribution in [0, 0.1) is 0 Å². The highest BCUT2D eigenvalue weighted by Gasteiger charge is 2.45. The van der Waals surface area contributed by atoms with Crippen LogP contribution in [0.5, 0.6) is 0 Å². The van der Waals surface area contributed by atoms with Gasteiger partial charge in [-0.1, -0.05) is 63.2 Å². The van der Waals surface area contributed by atoms with E-state index >= 15 is 0 Å². The Kier molecular flexibility index (Phi) is 5.91. The van der Waals surface area contributed by atoms with E-state index in [9.17, 15) is 14.7 Å². The van der Waals surface area contributed by atoms with E-state index < -0.39 is 23.5 Å². The predicted molar refractivity (Wildman–Crippen MR) is 146 cm³/mol. The molecule has 0 saturated carbocycles. The lowest BCUT2D eigenvalue weighted by Gasteiger charge is -2.28. The van der Waals surface area contributed by atoms with E-state index in [4.69, 9.17) is 4.42 Å². The zero-order valence-corrected chi connectivity index (χ0v) is 21.6. The highest BCUT2D eigenvalue weighted by molar-refractivity contribution is 6.20. The lowest BCUT2D eigenvalue weighted by Crippen LogP contribution is -2.31. The van der Waals surface area contributed by atoms with Gasteiger partial charge in [-0.2, -0.15) is 0 Å². The molecule has 0 fully saturated rings. The number of para-hydroxylation sites is 1. The van der Waals surface area contributed by atoms with Crippen LogP contribution in [0.1, 0.15) is 48.5 Å². The molecule has 1 aliphatic rings. The molecule has 4 aromatic rings. The monoisotopic (exact) mass is 494 g/mol. The minimum absolute atomic E-state index is 0.00144. The molecule has 3 aromatic carbocycles. The van der Waals surface area contributed by atoms with Gasteiger partial charge < -0.3 is 14.4 Å². The van der Waals surface area contributed by atoms with Crippen molar-refractivity contribution in [2.45, 2.75) is 32.2 Å². The molecule has 0 aliphatic carbocycles. The molecule has 0 saturated heterocycles. The summed E-state index contributed by atoms with van der Waals surface area (Å²) in [6.07, 6.45) is 0. The molecular formula is C31H30N2O4. The Morgan fingerprint density at radius 2 is 1.59 bits per heavy atom. The van der Waals surface area contributed by atoms with Gasteiger partial charge in [0.2, 0.25) is 5.78 Å². The summed E-state index contributed by atoms with van der Waals surface area (Å²) in [5.41, 5.74) is 3.91. The summed E-state index contributed by atoms with van der Waals surface area (Å²) in [4.78, 5) is 30.7. The number of nitrogens with zero attached hydrogens (tertiary/aromatic N) is 2. The number of rotatable bonds is 5. The molecule has 1 atom stereocenters. The van der Waals surface area contributed by atoms with Gasteiger partial charge in [-0.25, -0.2) is 0 Å². The number of ketones is 1. The van der Waals surface area contributed by atoms with E-state index in [-0.39, 0.29) is 16.7 Å². The maximum atomic E-state index is 13.8. The van der Waals surface area contributed by atoms with E-state index in [1.807, 2.05) is 85.7 Å². The summed E-state index contributed by atoms with van der Waals surface area (Å²) in [6.45, 7) is 6.36. The number of carbonyl (C=O) groups excluding carboxylic acids is 2. The first-order valence-corrected chi connectivity index (χ1v) is 12.2. The van der Waals surface area contributed by atoms with E-state index in [0.717, 1.165) is 16.6 Å². The minimum atomic E-state index is -0.815. The van der Waals surface area contributed by atoms with Gasteiger partial charge in [-0.05, 0) is 52.9 Å². The first-order valence-electron chi connectivity index (χ1n) is 12.2. The number of benzene rings is 3. The van der Waals surface area contributed by atoms with Crippen molar-refractivity contribution in [1.82, 2.24) is 0 Å². The summed E-state index contributed by atoms with van der Waals surface area (Å²) >= 11 is 0. The summed E-state index contributed by atoms with van der Waals surface area (Å²) in [7, 11) is 3.89. The molecular weight excluding hydrogens is 464 g/mol. The largest absolute Gasteiger partial charge is 0.503 e. The van der Waals surface area contributed by atoms with Crippen LogP contribution in [0.4, 0.5) is 11.4 Å². The fourth-order valence-electron chi connectivity index (χ4n) is 4.72. The maximum Gasteiger partial charge on any atom is 0.294 e. The Bertz CT molecular complexity index is 1490. The maximum absolute atomic E-state index is 13.8. The quantitative estimate of drug-likeness (QED) is 0.317. The number of hydrogen-bond donors (Lipinski definition) is 1. The van der Waals surface area contributed by atoms with Gasteiger partial charge in [0, 0.05) is 30.9 Å². The van der Waals surface area contributed by atoms with E-state index in [2.05, 4.69) is 20.8 Å². The van der Waals surface area contributed by atoms with Gasteiger partial charge in [-0.3, -0.25) is 14.5 Å². The number of Topliss-reactive ketones (excluding diaryl/α,β-unsaturated/α-hetero) is 1. The van der Waals surface area contributed by atoms with Crippen molar-refractivity contribution in [2.24, 2.45) is 0 Å². The second-order valence-corrected chi connectivity index (χ2v) is 10.6. The highest BCUT2D eigenvalue weighted by Crippen LogP contribution is 2.43. The fraction of sp³-hybridized carbons (Fsp3) is 0.226. The van der Waals surface area contributed by atoms with Gasteiger partial charge in [0.05, 0.1) is 11.6 Å². The van der Waals surface area contributed by atoms with Crippen molar-refractivity contribution in [3.63, 3.8) is 0 Å². The third-order valence-corrected chi connectivity index (χ3v) is 6.84. The highest BCUT2D eigenvalue weighted by atomic mass is 16.3. The van der Waals surface area contributed by atoms with Crippen LogP contribution in [0.15, 0.2) is 94.6 Å². The van der Waals surface area contributed by atoms with Crippen molar-refractivity contribution < 1.29 is 19.1 Å². The molecule has 0 spiro atoms. The van der Waals surface area contributed by atoms with Crippen LogP contribution in [-0.2, 0) is 10.2 Å².